The zero-order valence-corrected chi connectivity index (χ0v) is 25.0. The van der Waals surface area contributed by atoms with Gasteiger partial charge in [-0.1, -0.05) is 65.0 Å². The molecule has 1 aromatic heterocycles. The minimum atomic E-state index is -0.811. The van der Waals surface area contributed by atoms with E-state index in [1.54, 1.807) is 0 Å². The van der Waals surface area contributed by atoms with Crippen LogP contribution in [-0.4, -0.2) is 54.9 Å². The van der Waals surface area contributed by atoms with Crippen molar-refractivity contribution >= 4 is 11.9 Å². The van der Waals surface area contributed by atoms with Crippen molar-refractivity contribution in [3.05, 3.63) is 42.2 Å². The summed E-state index contributed by atoms with van der Waals surface area (Å²) in [4.78, 5) is 27.3. The summed E-state index contributed by atoms with van der Waals surface area (Å²) in [6, 6.07) is 4.49. The number of nitrogens with zero attached hydrogens (tertiary/aromatic N) is 2. The van der Waals surface area contributed by atoms with Crippen LogP contribution in [0.1, 0.15) is 103 Å². The van der Waals surface area contributed by atoms with Gasteiger partial charge in [-0.2, -0.15) is 4.57 Å². The number of hydrogen-bond donors (Lipinski definition) is 1. The Labute approximate surface area is 236 Å². The number of aromatic nitrogens is 1. The minimum absolute atomic E-state index is 0.0331. The molecule has 7 nitrogen and oxygen atoms in total. The van der Waals surface area contributed by atoms with Gasteiger partial charge in [0.25, 0.3) is 0 Å². The molecule has 7 heteroatoms. The number of rotatable bonds is 18. The Hall–Kier alpha value is -2.25. The van der Waals surface area contributed by atoms with Gasteiger partial charge in [-0.3, -0.25) is 9.69 Å². The van der Waals surface area contributed by atoms with Gasteiger partial charge in [0.05, 0.1) is 19.6 Å². The van der Waals surface area contributed by atoms with Gasteiger partial charge >= 0.3 is 11.9 Å². The van der Waals surface area contributed by atoms with Gasteiger partial charge in [0.15, 0.2) is 12.4 Å². The number of carbonyl (C=O) groups excluding carboxylic acids is 2. The van der Waals surface area contributed by atoms with Crippen LogP contribution in [0.4, 0.5) is 0 Å². The van der Waals surface area contributed by atoms with Gasteiger partial charge in [-0.05, 0) is 63.6 Å². The number of esters is 2. The molecule has 1 saturated heterocycles. The molecular weight excluding hydrogens is 492 g/mol. The van der Waals surface area contributed by atoms with Crippen molar-refractivity contribution in [1.82, 2.24) is 4.90 Å². The Morgan fingerprint density at radius 2 is 1.97 bits per heavy atom. The molecule has 0 radical (unpaired) electrons. The van der Waals surface area contributed by atoms with E-state index in [-0.39, 0.29) is 30.3 Å². The van der Waals surface area contributed by atoms with Crippen LogP contribution >= 0.6 is 0 Å². The minimum Gasteiger partial charge on any atom is -0.469 e. The molecule has 1 N–H and O–H groups in total. The number of aliphatic hydroxyl groups excluding tert-OH is 1. The number of hydrogen-bond acceptors (Lipinski definition) is 6. The third-order valence-corrected chi connectivity index (χ3v) is 7.92. The van der Waals surface area contributed by atoms with Crippen LogP contribution in [0, 0.1) is 11.8 Å². The van der Waals surface area contributed by atoms with Crippen LogP contribution in [0.15, 0.2) is 36.7 Å². The van der Waals surface area contributed by atoms with E-state index in [9.17, 15) is 14.7 Å². The average molecular weight is 546 g/mol. The molecule has 0 aliphatic carbocycles. The molecule has 39 heavy (non-hydrogen) atoms. The summed E-state index contributed by atoms with van der Waals surface area (Å²) in [5.41, 5.74) is 1.21. The fraction of sp³-hybridized carbons (Fsp3) is 0.719. The maximum absolute atomic E-state index is 13.0. The van der Waals surface area contributed by atoms with E-state index >= 15 is 0 Å². The van der Waals surface area contributed by atoms with Gasteiger partial charge in [0.1, 0.15) is 6.10 Å². The van der Waals surface area contributed by atoms with Crippen molar-refractivity contribution < 1.29 is 28.7 Å². The third kappa shape index (κ3) is 11.8. The van der Waals surface area contributed by atoms with Crippen LogP contribution in [-0.2, 0) is 25.6 Å². The second-order valence-corrected chi connectivity index (χ2v) is 11.3. The number of methoxy groups -OCH3 is 1. The molecule has 1 aliphatic heterocycles. The van der Waals surface area contributed by atoms with E-state index < -0.39 is 12.2 Å². The highest BCUT2D eigenvalue weighted by atomic mass is 16.6. The standard InChI is InChI=1S/C32H53N2O5/c1-6-8-9-10-15-26(22-30(36)38-5)16-11-19-29(35)32(25(3)14-7-2)39-31(37)24-34-21-12-17-27(23-34)28-18-13-20-33(28)4/h11-12,16-17,21,23,25-26,28-29,32,35H,6-10,13-15,18-20,22,24H2,1-5H3/q+1. The van der Waals surface area contributed by atoms with Crippen molar-refractivity contribution in [3.63, 3.8) is 0 Å². The first kappa shape index (κ1) is 33.0. The summed E-state index contributed by atoms with van der Waals surface area (Å²) >= 11 is 0. The third-order valence-electron chi connectivity index (χ3n) is 7.92. The van der Waals surface area contributed by atoms with E-state index in [0.717, 1.165) is 45.1 Å². The molecule has 2 heterocycles. The molecule has 1 fully saturated rings. The second-order valence-electron chi connectivity index (χ2n) is 11.3. The number of pyridine rings is 1. The smallest absolute Gasteiger partial charge is 0.373 e. The number of allylic oxidation sites excluding steroid dienone is 1. The van der Waals surface area contributed by atoms with Crippen molar-refractivity contribution in [3.8, 4) is 0 Å². The zero-order chi connectivity index (χ0) is 28.6. The molecule has 5 atom stereocenters. The molecule has 5 unspecified atom stereocenters. The average Bonchev–Trinajstić information content (AvgIpc) is 3.35. The number of ether oxygens (including phenoxy) is 2. The van der Waals surface area contributed by atoms with Crippen molar-refractivity contribution in [2.75, 3.05) is 20.7 Å². The maximum atomic E-state index is 13.0. The summed E-state index contributed by atoms with van der Waals surface area (Å²) in [5.74, 6) is -0.443. The highest BCUT2D eigenvalue weighted by Crippen LogP contribution is 2.29. The Morgan fingerprint density at radius 1 is 1.18 bits per heavy atom. The summed E-state index contributed by atoms with van der Waals surface area (Å²) in [6.07, 6.45) is 16.8. The summed E-state index contributed by atoms with van der Waals surface area (Å²) in [6.45, 7) is 7.51. The fourth-order valence-corrected chi connectivity index (χ4v) is 5.64. The van der Waals surface area contributed by atoms with Crippen LogP contribution in [0.25, 0.3) is 0 Å². The molecule has 220 valence electrons. The molecular formula is C32H53N2O5+. The number of unbranched alkanes of at least 4 members (excludes halogenated alkanes) is 3. The predicted molar refractivity (Wildman–Crippen MR) is 154 cm³/mol. The molecule has 0 aromatic carbocycles. The first-order chi connectivity index (χ1) is 18.8. The molecule has 0 bridgehead atoms. The zero-order valence-electron chi connectivity index (χ0n) is 25.0. The van der Waals surface area contributed by atoms with Crippen molar-refractivity contribution in [1.29, 1.82) is 0 Å². The highest BCUT2D eigenvalue weighted by Gasteiger charge is 2.30. The number of carbonyl (C=O) groups is 2. The topological polar surface area (TPSA) is 80.0 Å². The Bertz CT molecular complexity index is 889. The Balaban J connectivity index is 2.01. The lowest BCUT2D eigenvalue weighted by Crippen LogP contribution is -2.43. The summed E-state index contributed by atoms with van der Waals surface area (Å²) in [7, 11) is 3.56. The lowest BCUT2D eigenvalue weighted by atomic mass is 9.92. The first-order valence-electron chi connectivity index (χ1n) is 15.1. The quantitative estimate of drug-likeness (QED) is 0.113. The summed E-state index contributed by atoms with van der Waals surface area (Å²) in [5, 5.41) is 11.1. The molecule has 0 saturated carbocycles. The Morgan fingerprint density at radius 3 is 2.64 bits per heavy atom. The van der Waals surface area contributed by atoms with E-state index in [2.05, 4.69) is 31.9 Å². The molecule has 0 amide bonds. The first-order valence-corrected chi connectivity index (χ1v) is 15.1. The van der Waals surface area contributed by atoms with E-state index in [0.29, 0.717) is 18.9 Å². The second kappa shape index (κ2) is 18.2. The van der Waals surface area contributed by atoms with Gasteiger partial charge in [0, 0.05) is 17.7 Å². The van der Waals surface area contributed by atoms with Gasteiger partial charge in [0.2, 0.25) is 6.54 Å². The van der Waals surface area contributed by atoms with Gasteiger partial charge in [-0.25, -0.2) is 4.79 Å². The largest absolute Gasteiger partial charge is 0.469 e. The predicted octanol–water partition coefficient (Wildman–Crippen LogP) is 5.55. The molecule has 1 aliphatic rings. The molecule has 0 spiro atoms. The van der Waals surface area contributed by atoms with Crippen LogP contribution in [0.3, 0.4) is 0 Å². The highest BCUT2D eigenvalue weighted by molar-refractivity contribution is 5.69. The maximum Gasteiger partial charge on any atom is 0.373 e. The normalized spacial score (nSPS) is 19.1. The number of likely N-dealkylation sites (tertiary alicyclic amines) is 1. The lowest BCUT2D eigenvalue weighted by molar-refractivity contribution is -0.686. The molecule has 2 rings (SSSR count). The molecule has 1 aromatic rings. The Kier molecular flexibility index (Phi) is 15.4. The van der Waals surface area contributed by atoms with Crippen LogP contribution in [0.2, 0.25) is 0 Å². The lowest BCUT2D eigenvalue weighted by Gasteiger charge is -2.27. The van der Waals surface area contributed by atoms with E-state index in [1.165, 1.54) is 31.9 Å². The van der Waals surface area contributed by atoms with E-state index in [1.807, 2.05) is 42.1 Å². The van der Waals surface area contributed by atoms with Crippen LogP contribution < -0.4 is 4.57 Å². The summed E-state index contributed by atoms with van der Waals surface area (Å²) < 4.78 is 12.7. The van der Waals surface area contributed by atoms with Crippen LogP contribution in [0.5, 0.6) is 0 Å². The monoisotopic (exact) mass is 545 g/mol. The van der Waals surface area contributed by atoms with Crippen molar-refractivity contribution in [2.45, 2.75) is 116 Å². The number of aliphatic hydroxyl groups is 1. The fourth-order valence-electron chi connectivity index (χ4n) is 5.64. The van der Waals surface area contributed by atoms with E-state index in [4.69, 9.17) is 9.47 Å². The van der Waals surface area contributed by atoms with Gasteiger partial charge < -0.3 is 14.6 Å². The van der Waals surface area contributed by atoms with Crippen molar-refractivity contribution in [2.24, 2.45) is 11.8 Å². The SMILES string of the molecule is CCCCCCC(C=CCC(O)C(OC(=O)C[n+]1cccc(C2CCCN2C)c1)C(C)CCC)CC(=O)OC. The van der Waals surface area contributed by atoms with Gasteiger partial charge in [-0.15, -0.1) is 0 Å².